The molecule has 0 amide bonds. The van der Waals surface area contributed by atoms with Crippen molar-refractivity contribution in [3.63, 3.8) is 0 Å². The fraction of sp³-hybridized carbons (Fsp3) is 0.111. The molecule has 8 heteroatoms. The zero-order chi connectivity index (χ0) is 18.7. The van der Waals surface area contributed by atoms with E-state index >= 15 is 0 Å². The average molecular weight is 355 g/mol. The van der Waals surface area contributed by atoms with Crippen LogP contribution in [0.4, 0.5) is 13.2 Å². The van der Waals surface area contributed by atoms with Crippen LogP contribution in [-0.2, 0) is 6.18 Å². The van der Waals surface area contributed by atoms with E-state index in [1.165, 1.54) is 17.2 Å². The maximum Gasteiger partial charge on any atom is 0.416 e. The van der Waals surface area contributed by atoms with Gasteiger partial charge in [-0.25, -0.2) is 9.67 Å². The van der Waals surface area contributed by atoms with Gasteiger partial charge in [0.25, 0.3) is 0 Å². The van der Waals surface area contributed by atoms with Crippen molar-refractivity contribution in [3.05, 3.63) is 65.7 Å². The lowest BCUT2D eigenvalue weighted by molar-refractivity contribution is -0.137. The molecule has 0 spiro atoms. The highest BCUT2D eigenvalue weighted by Crippen LogP contribution is 2.32. The number of nitriles is 1. The molecule has 3 rings (SSSR count). The summed E-state index contributed by atoms with van der Waals surface area (Å²) >= 11 is 0. The number of rotatable bonds is 3. The summed E-state index contributed by atoms with van der Waals surface area (Å²) < 4.78 is 40.2. The molecule has 2 heterocycles. The number of allylic oxidation sites excluding steroid dienone is 1. The number of aryl methyl sites for hydroxylation is 1. The van der Waals surface area contributed by atoms with E-state index in [9.17, 15) is 18.4 Å². The van der Waals surface area contributed by atoms with Gasteiger partial charge in [-0.3, -0.25) is 4.98 Å². The Morgan fingerprint density at radius 1 is 1.19 bits per heavy atom. The normalized spacial score (nSPS) is 12.0. The molecule has 0 saturated heterocycles. The van der Waals surface area contributed by atoms with Crippen LogP contribution in [0, 0.1) is 18.3 Å². The predicted octanol–water partition coefficient (Wildman–Crippen LogP) is 4.19. The Morgan fingerprint density at radius 3 is 2.58 bits per heavy atom. The van der Waals surface area contributed by atoms with Crippen LogP contribution >= 0.6 is 0 Å². The summed E-state index contributed by atoms with van der Waals surface area (Å²) in [5.74, 6) is 0.141. The van der Waals surface area contributed by atoms with Crippen LogP contribution in [0.3, 0.4) is 0 Å². The molecule has 0 N–H and O–H groups in total. The Kier molecular flexibility index (Phi) is 4.54. The van der Waals surface area contributed by atoms with Gasteiger partial charge in [0.15, 0.2) is 5.82 Å². The molecule has 5 nitrogen and oxygen atoms in total. The third-order valence-corrected chi connectivity index (χ3v) is 3.54. The summed E-state index contributed by atoms with van der Waals surface area (Å²) in [7, 11) is 0. The second-order valence-corrected chi connectivity index (χ2v) is 5.52. The topological polar surface area (TPSA) is 67.4 Å². The summed E-state index contributed by atoms with van der Waals surface area (Å²) in [5, 5.41) is 13.5. The van der Waals surface area contributed by atoms with Gasteiger partial charge in [-0.15, -0.1) is 5.10 Å². The minimum absolute atomic E-state index is 0.141. The first-order valence-corrected chi connectivity index (χ1v) is 7.49. The molecule has 0 radical (unpaired) electrons. The third kappa shape index (κ3) is 3.78. The summed E-state index contributed by atoms with van der Waals surface area (Å²) in [6.07, 6.45) is 1.45. The van der Waals surface area contributed by atoms with E-state index in [1.54, 1.807) is 37.5 Å². The molecule has 0 unspecified atom stereocenters. The van der Waals surface area contributed by atoms with Crippen molar-refractivity contribution in [2.24, 2.45) is 0 Å². The van der Waals surface area contributed by atoms with E-state index in [0.717, 1.165) is 12.1 Å². The molecule has 0 aliphatic carbocycles. The smallest absolute Gasteiger partial charge is 0.265 e. The van der Waals surface area contributed by atoms with Crippen LogP contribution in [-0.4, -0.2) is 19.7 Å². The first-order valence-electron chi connectivity index (χ1n) is 7.49. The van der Waals surface area contributed by atoms with Gasteiger partial charge in [-0.05, 0) is 48.4 Å². The highest BCUT2D eigenvalue weighted by molar-refractivity contribution is 5.84. The van der Waals surface area contributed by atoms with E-state index < -0.39 is 11.7 Å². The molecule has 0 saturated carbocycles. The van der Waals surface area contributed by atoms with Gasteiger partial charge >= 0.3 is 6.18 Å². The zero-order valence-corrected chi connectivity index (χ0v) is 13.6. The van der Waals surface area contributed by atoms with Crippen LogP contribution in [0.15, 0.2) is 49.1 Å². The number of aromatic nitrogens is 4. The first-order chi connectivity index (χ1) is 12.4. The molecule has 0 aliphatic heterocycles. The molecule has 0 atom stereocenters. The van der Waals surface area contributed by atoms with Crippen LogP contribution in [0.25, 0.3) is 23.2 Å². The number of halogens is 3. The fourth-order valence-electron chi connectivity index (χ4n) is 2.38. The maximum atomic E-state index is 13.0. The van der Waals surface area contributed by atoms with Gasteiger partial charge in [0.2, 0.25) is 0 Å². The van der Waals surface area contributed by atoms with Crippen LogP contribution < -0.4 is 0 Å². The number of benzene rings is 1. The molecule has 26 heavy (non-hydrogen) atoms. The van der Waals surface area contributed by atoms with Gasteiger partial charge in [0.1, 0.15) is 12.4 Å². The van der Waals surface area contributed by atoms with Gasteiger partial charge in [-0.1, -0.05) is 0 Å². The minimum Gasteiger partial charge on any atom is -0.265 e. The first kappa shape index (κ1) is 17.4. The summed E-state index contributed by atoms with van der Waals surface area (Å²) in [6, 6.07) is 9.04. The van der Waals surface area contributed by atoms with E-state index in [4.69, 9.17) is 0 Å². The van der Waals surface area contributed by atoms with Crippen molar-refractivity contribution in [1.29, 1.82) is 5.26 Å². The summed E-state index contributed by atoms with van der Waals surface area (Å²) in [6.45, 7) is 1.58. The monoisotopic (exact) mass is 355 g/mol. The molecular formula is C18H12F3N5. The zero-order valence-electron chi connectivity index (χ0n) is 13.6. The fourth-order valence-corrected chi connectivity index (χ4v) is 2.38. The molecule has 0 bridgehead atoms. The Morgan fingerprint density at radius 2 is 1.92 bits per heavy atom. The maximum absolute atomic E-state index is 13.0. The summed E-state index contributed by atoms with van der Waals surface area (Å²) in [5.41, 5.74) is 0.926. The Labute approximate surface area is 147 Å². The Balaban J connectivity index is 1.97. The van der Waals surface area contributed by atoms with E-state index in [0.29, 0.717) is 16.7 Å². The number of alkyl halides is 3. The van der Waals surface area contributed by atoms with Crippen LogP contribution in [0.2, 0.25) is 0 Å². The van der Waals surface area contributed by atoms with Crippen molar-refractivity contribution in [1.82, 2.24) is 19.7 Å². The minimum atomic E-state index is -4.45. The number of nitrogens with zero attached hydrogens (tertiary/aromatic N) is 5. The van der Waals surface area contributed by atoms with Crippen molar-refractivity contribution in [3.8, 4) is 17.5 Å². The van der Waals surface area contributed by atoms with Gasteiger partial charge in [0, 0.05) is 24.2 Å². The molecular weight excluding hydrogens is 343 g/mol. The standard InChI is InChI=1S/C18H12F3N5/c1-12-6-14(8-16(7-12)18(19,20)21)17-24-11-26(25-17)10-15(9-22)13-2-4-23-5-3-13/h2-8,10-11H,1H3/b15-10-. The van der Waals surface area contributed by atoms with Gasteiger partial charge < -0.3 is 0 Å². The lowest BCUT2D eigenvalue weighted by Gasteiger charge is -2.09. The summed E-state index contributed by atoms with van der Waals surface area (Å²) in [4.78, 5) is 7.94. The predicted molar refractivity (Wildman–Crippen MR) is 89.2 cm³/mol. The lowest BCUT2D eigenvalue weighted by Crippen LogP contribution is -2.05. The Bertz CT molecular complexity index is 998. The largest absolute Gasteiger partial charge is 0.416 e. The lowest BCUT2D eigenvalue weighted by atomic mass is 10.1. The molecule has 3 aromatic rings. The van der Waals surface area contributed by atoms with E-state index in [-0.39, 0.29) is 11.4 Å². The quantitative estimate of drug-likeness (QED) is 0.661. The molecule has 1 aromatic carbocycles. The average Bonchev–Trinajstić information content (AvgIpc) is 3.08. The number of pyridine rings is 1. The number of hydrogen-bond donors (Lipinski definition) is 0. The van der Waals surface area contributed by atoms with Gasteiger partial charge in [-0.2, -0.15) is 18.4 Å². The van der Waals surface area contributed by atoms with Crippen molar-refractivity contribution in [2.45, 2.75) is 13.1 Å². The number of hydrogen-bond acceptors (Lipinski definition) is 4. The second-order valence-electron chi connectivity index (χ2n) is 5.52. The van der Waals surface area contributed by atoms with E-state index in [2.05, 4.69) is 15.1 Å². The van der Waals surface area contributed by atoms with Gasteiger partial charge in [0.05, 0.1) is 11.1 Å². The molecule has 2 aromatic heterocycles. The van der Waals surface area contributed by atoms with Crippen molar-refractivity contribution in [2.75, 3.05) is 0 Å². The third-order valence-electron chi connectivity index (χ3n) is 3.54. The second kappa shape index (κ2) is 6.80. The SMILES string of the molecule is Cc1cc(-c2ncn(/C=C(/C#N)c3ccncc3)n2)cc(C(F)(F)F)c1. The highest BCUT2D eigenvalue weighted by atomic mass is 19.4. The molecule has 0 fully saturated rings. The molecule has 130 valence electrons. The molecule has 0 aliphatic rings. The Hall–Kier alpha value is -3.47. The highest BCUT2D eigenvalue weighted by Gasteiger charge is 2.31. The van der Waals surface area contributed by atoms with Crippen LogP contribution in [0.5, 0.6) is 0 Å². The van der Waals surface area contributed by atoms with Crippen LogP contribution in [0.1, 0.15) is 16.7 Å². The van der Waals surface area contributed by atoms with Crippen molar-refractivity contribution >= 4 is 11.8 Å². The van der Waals surface area contributed by atoms with Crippen molar-refractivity contribution < 1.29 is 13.2 Å². The van der Waals surface area contributed by atoms with E-state index in [1.807, 2.05) is 6.07 Å².